The van der Waals surface area contributed by atoms with Crippen molar-refractivity contribution in [1.82, 2.24) is 0 Å². The molecule has 0 radical (unpaired) electrons. The van der Waals surface area contributed by atoms with Crippen molar-refractivity contribution in [2.45, 2.75) is 18.2 Å². The molecule has 0 aliphatic carbocycles. The molecule has 0 bridgehead atoms. The molecule has 5 nitrogen and oxygen atoms in total. The van der Waals surface area contributed by atoms with E-state index in [2.05, 4.69) is 25.3 Å². The van der Waals surface area contributed by atoms with Gasteiger partial charge in [-0.05, 0) is 30.7 Å². The number of esters is 1. The van der Waals surface area contributed by atoms with Gasteiger partial charge >= 0.3 is 5.97 Å². The molecule has 0 saturated carbocycles. The van der Waals surface area contributed by atoms with Crippen LogP contribution in [0.1, 0.15) is 12.0 Å². The van der Waals surface area contributed by atoms with Crippen molar-refractivity contribution in [3.8, 4) is 5.75 Å². The number of benzene rings is 1. The summed E-state index contributed by atoms with van der Waals surface area (Å²) in [7, 11) is 0. The number of halogens is 1. The molecule has 0 fully saturated rings. The van der Waals surface area contributed by atoms with E-state index in [0.29, 0.717) is 17.5 Å². The summed E-state index contributed by atoms with van der Waals surface area (Å²) in [5.41, 5.74) is 0.791. The number of hydrogen-bond acceptors (Lipinski definition) is 6. The molecular formula is C10H11BrO5S. The van der Waals surface area contributed by atoms with Gasteiger partial charge in [-0.2, -0.15) is 0 Å². The highest BCUT2D eigenvalue weighted by molar-refractivity contribution is 9.09. The molecule has 1 aromatic carbocycles. The molecule has 1 aromatic rings. The van der Waals surface area contributed by atoms with Gasteiger partial charge in [0, 0.05) is 10.2 Å². The fourth-order valence-corrected chi connectivity index (χ4v) is 1.87. The van der Waals surface area contributed by atoms with E-state index in [0.717, 1.165) is 22.5 Å². The highest BCUT2D eigenvalue weighted by Crippen LogP contribution is 2.26. The van der Waals surface area contributed by atoms with Gasteiger partial charge in [0.25, 0.3) is 0 Å². The van der Waals surface area contributed by atoms with Crippen LogP contribution in [0.15, 0.2) is 23.1 Å². The second-order valence-electron chi connectivity index (χ2n) is 3.07. The van der Waals surface area contributed by atoms with Crippen LogP contribution >= 0.6 is 28.0 Å². The summed E-state index contributed by atoms with van der Waals surface area (Å²) < 4.78 is 9.44. The summed E-state index contributed by atoms with van der Waals surface area (Å²) in [6, 6.07) is 5.10. The maximum atomic E-state index is 11.3. The zero-order chi connectivity index (χ0) is 12.7. The first kappa shape index (κ1) is 14.5. The maximum absolute atomic E-state index is 11.3. The second kappa shape index (κ2) is 7.67. The lowest BCUT2D eigenvalue weighted by atomic mass is 10.2. The van der Waals surface area contributed by atoms with E-state index in [1.165, 1.54) is 0 Å². The van der Waals surface area contributed by atoms with Crippen LogP contribution in [-0.4, -0.2) is 16.6 Å². The van der Waals surface area contributed by atoms with E-state index in [-0.39, 0.29) is 5.97 Å². The Kier molecular flexibility index (Phi) is 6.53. The van der Waals surface area contributed by atoms with Gasteiger partial charge in [-0.15, -0.1) is 4.33 Å². The molecule has 0 aromatic heterocycles. The van der Waals surface area contributed by atoms with Gasteiger partial charge in [-0.1, -0.05) is 21.0 Å². The van der Waals surface area contributed by atoms with Crippen molar-refractivity contribution in [2.24, 2.45) is 0 Å². The van der Waals surface area contributed by atoms with Crippen molar-refractivity contribution in [2.75, 3.05) is 5.33 Å². The molecule has 94 valence electrons. The Morgan fingerprint density at radius 2 is 2.29 bits per heavy atom. The zero-order valence-electron chi connectivity index (χ0n) is 9.01. The van der Waals surface area contributed by atoms with Crippen LogP contribution in [0.5, 0.6) is 5.75 Å². The van der Waals surface area contributed by atoms with Crippen molar-refractivity contribution >= 4 is 33.9 Å². The van der Waals surface area contributed by atoms with Crippen molar-refractivity contribution < 1.29 is 24.2 Å². The van der Waals surface area contributed by atoms with Crippen LogP contribution in [0.3, 0.4) is 0 Å². The summed E-state index contributed by atoms with van der Waals surface area (Å²) in [5, 5.41) is 12.1. The summed E-state index contributed by atoms with van der Waals surface area (Å²) in [5.74, 6) is 0.213. The predicted molar refractivity (Wildman–Crippen MR) is 65.9 cm³/mol. The van der Waals surface area contributed by atoms with E-state index in [9.17, 15) is 4.79 Å². The monoisotopic (exact) mass is 322 g/mol. The SMILES string of the molecule is Cc1cc(SOOO)ccc1OC(=O)CCBr. The van der Waals surface area contributed by atoms with E-state index in [1.807, 2.05) is 0 Å². The number of hydrogen-bond donors (Lipinski definition) is 1. The zero-order valence-corrected chi connectivity index (χ0v) is 11.4. The van der Waals surface area contributed by atoms with Crippen LogP contribution in [0.4, 0.5) is 0 Å². The van der Waals surface area contributed by atoms with E-state index in [4.69, 9.17) is 9.99 Å². The molecule has 0 spiro atoms. The molecule has 17 heavy (non-hydrogen) atoms. The molecule has 1 N–H and O–H groups in total. The van der Waals surface area contributed by atoms with Crippen LogP contribution in [0.25, 0.3) is 0 Å². The van der Waals surface area contributed by atoms with Crippen LogP contribution in [0, 0.1) is 6.92 Å². The molecule has 1 rings (SSSR count). The summed E-state index contributed by atoms with van der Waals surface area (Å²) in [6.07, 6.45) is 0.317. The molecule has 0 heterocycles. The molecule has 0 amide bonds. The van der Waals surface area contributed by atoms with Crippen molar-refractivity contribution in [3.63, 3.8) is 0 Å². The van der Waals surface area contributed by atoms with Gasteiger partial charge in [0.2, 0.25) is 0 Å². The average Bonchev–Trinajstić information content (AvgIpc) is 2.30. The number of alkyl halides is 1. The fourth-order valence-electron chi connectivity index (χ4n) is 1.09. The van der Waals surface area contributed by atoms with E-state index >= 15 is 0 Å². The summed E-state index contributed by atoms with van der Waals surface area (Å²) in [4.78, 5) is 12.0. The van der Waals surface area contributed by atoms with E-state index in [1.54, 1.807) is 25.1 Å². The van der Waals surface area contributed by atoms with Crippen molar-refractivity contribution in [3.05, 3.63) is 23.8 Å². The topological polar surface area (TPSA) is 65.0 Å². The van der Waals surface area contributed by atoms with E-state index < -0.39 is 0 Å². The number of aryl methyl sites for hydroxylation is 1. The Balaban J connectivity index is 2.65. The highest BCUT2D eigenvalue weighted by atomic mass is 79.9. The third-order valence-electron chi connectivity index (χ3n) is 1.83. The Morgan fingerprint density at radius 3 is 2.88 bits per heavy atom. The van der Waals surface area contributed by atoms with Crippen LogP contribution in [0.2, 0.25) is 0 Å². The molecule has 0 saturated heterocycles. The van der Waals surface area contributed by atoms with Crippen molar-refractivity contribution in [1.29, 1.82) is 0 Å². The lowest BCUT2D eigenvalue weighted by molar-refractivity contribution is -0.432. The average molecular weight is 323 g/mol. The van der Waals surface area contributed by atoms with Gasteiger partial charge in [0.1, 0.15) is 5.75 Å². The van der Waals surface area contributed by atoms with Gasteiger partial charge < -0.3 is 4.74 Å². The summed E-state index contributed by atoms with van der Waals surface area (Å²) >= 11 is 4.02. The third-order valence-corrected chi connectivity index (χ3v) is 2.80. The standard InChI is InChI=1S/C10H11BrO5S/c1-7-6-8(17-16-15-13)2-3-9(7)14-10(12)4-5-11/h2-3,6,13H,4-5H2,1H3. The molecular weight excluding hydrogens is 312 g/mol. The lowest BCUT2D eigenvalue weighted by Gasteiger charge is -2.07. The predicted octanol–water partition coefficient (Wildman–Crippen LogP) is 3.11. The summed E-state index contributed by atoms with van der Waals surface area (Å²) in [6.45, 7) is 1.81. The molecule has 0 unspecified atom stereocenters. The number of carbonyl (C=O) groups excluding carboxylic acids is 1. The first-order chi connectivity index (χ1) is 8.17. The fraction of sp³-hybridized carbons (Fsp3) is 0.300. The molecule has 0 atom stereocenters. The molecule has 0 aliphatic rings. The largest absolute Gasteiger partial charge is 0.426 e. The Labute approximate surface area is 111 Å². The third kappa shape index (κ3) is 5.05. The highest BCUT2D eigenvalue weighted by Gasteiger charge is 2.07. The minimum atomic E-state index is -0.291. The Morgan fingerprint density at radius 1 is 1.53 bits per heavy atom. The smallest absolute Gasteiger partial charge is 0.312 e. The quantitative estimate of drug-likeness (QED) is 0.217. The minimum Gasteiger partial charge on any atom is -0.426 e. The van der Waals surface area contributed by atoms with Gasteiger partial charge in [0.05, 0.1) is 18.5 Å². The first-order valence-electron chi connectivity index (χ1n) is 4.69. The number of rotatable bonds is 6. The van der Waals surface area contributed by atoms with Gasteiger partial charge in [0.15, 0.2) is 0 Å². The Bertz CT molecular complexity index is 385. The maximum Gasteiger partial charge on any atom is 0.312 e. The Hall–Kier alpha value is -0.600. The molecule has 7 heteroatoms. The minimum absolute atomic E-state index is 0.291. The first-order valence-corrected chi connectivity index (χ1v) is 6.55. The van der Waals surface area contributed by atoms with Crippen LogP contribution < -0.4 is 4.74 Å². The number of carbonyl (C=O) groups is 1. The second-order valence-corrected chi connectivity index (χ2v) is 4.63. The number of ether oxygens (including phenoxy) is 1. The molecule has 0 aliphatic heterocycles. The van der Waals surface area contributed by atoms with Gasteiger partial charge in [-0.3, -0.25) is 4.79 Å². The lowest BCUT2D eigenvalue weighted by Crippen LogP contribution is -2.08. The normalized spacial score (nSPS) is 10.3. The van der Waals surface area contributed by atoms with Gasteiger partial charge in [-0.25, -0.2) is 5.26 Å². The van der Waals surface area contributed by atoms with Crippen LogP contribution in [-0.2, 0) is 14.2 Å².